The van der Waals surface area contributed by atoms with Gasteiger partial charge >= 0.3 is 0 Å². The molecule has 1 heterocycles. The molecule has 3 atom stereocenters. The highest BCUT2D eigenvalue weighted by atomic mass is 32.2. The molecule has 0 unspecified atom stereocenters. The van der Waals surface area contributed by atoms with Gasteiger partial charge in [0.15, 0.2) is 11.5 Å². The summed E-state index contributed by atoms with van der Waals surface area (Å²) in [5, 5.41) is 0. The van der Waals surface area contributed by atoms with E-state index in [1.807, 2.05) is 18.2 Å². The molecule has 2 aliphatic carbocycles. The molecule has 3 aromatic rings. The van der Waals surface area contributed by atoms with Crippen molar-refractivity contribution in [1.29, 1.82) is 0 Å². The van der Waals surface area contributed by atoms with Crippen molar-refractivity contribution in [2.24, 2.45) is 5.92 Å². The minimum Gasteiger partial charge on any atom is -0.454 e. The molecule has 3 aromatic carbocycles. The highest BCUT2D eigenvalue weighted by Gasteiger charge is 2.55. The third-order valence-corrected chi connectivity index (χ3v) is 8.81. The molecule has 6 rings (SSSR count). The summed E-state index contributed by atoms with van der Waals surface area (Å²) in [4.78, 5) is 0.287. The molecule has 6 heteroatoms. The summed E-state index contributed by atoms with van der Waals surface area (Å²) >= 11 is 0. The predicted molar refractivity (Wildman–Crippen MR) is 121 cm³/mol. The molecular formula is C26H25NO4S. The van der Waals surface area contributed by atoms with Crippen LogP contribution in [0.15, 0.2) is 77.7 Å². The Morgan fingerprint density at radius 1 is 0.875 bits per heavy atom. The zero-order chi connectivity index (χ0) is 21.8. The molecule has 0 aromatic heterocycles. The number of benzene rings is 3. The first-order valence-corrected chi connectivity index (χ1v) is 12.6. The maximum absolute atomic E-state index is 13.4. The van der Waals surface area contributed by atoms with Gasteiger partial charge in [-0.05, 0) is 59.7 Å². The van der Waals surface area contributed by atoms with Crippen LogP contribution in [-0.2, 0) is 15.4 Å². The largest absolute Gasteiger partial charge is 0.454 e. The summed E-state index contributed by atoms with van der Waals surface area (Å²) in [5.41, 5.74) is 3.16. The quantitative estimate of drug-likeness (QED) is 0.616. The molecule has 0 bridgehead atoms. The normalized spacial score (nSPS) is 25.9. The van der Waals surface area contributed by atoms with Crippen LogP contribution in [0.1, 0.15) is 48.4 Å². The zero-order valence-electron chi connectivity index (χ0n) is 17.7. The summed E-state index contributed by atoms with van der Waals surface area (Å²) in [6.45, 7) is 0.195. The van der Waals surface area contributed by atoms with Crippen LogP contribution in [0.3, 0.4) is 0 Å². The first kappa shape index (κ1) is 19.8. The standard InChI is InChI=1S/C26H25NO4S/c28-32(29,19-11-5-2-6-12-19)27-25-20-15-23-24(31-17-30-23)16-22(20)26(14-8-7-13-21(25)26)18-9-3-1-4-10-18/h1-6,9-12,15-16,21,25,27H,7-8,13-14,17H2/t21-,25-,26+/m0/s1. The van der Waals surface area contributed by atoms with Gasteiger partial charge in [-0.2, -0.15) is 0 Å². The fourth-order valence-electron chi connectivity index (χ4n) is 6.03. The van der Waals surface area contributed by atoms with Crippen molar-refractivity contribution < 1.29 is 17.9 Å². The molecule has 164 valence electrons. The lowest BCUT2D eigenvalue weighted by Gasteiger charge is -2.42. The summed E-state index contributed by atoms with van der Waals surface area (Å²) in [5.74, 6) is 1.55. The number of hydrogen-bond donors (Lipinski definition) is 1. The first-order chi connectivity index (χ1) is 15.6. The van der Waals surface area contributed by atoms with E-state index in [0.29, 0.717) is 5.75 Å². The SMILES string of the molecule is O=S(=O)(N[C@H]1c2cc3c(cc2[C@@]2(c4ccccc4)CCCC[C@@H]12)OCO3)c1ccccc1. The second kappa shape index (κ2) is 7.36. The first-order valence-electron chi connectivity index (χ1n) is 11.2. The summed E-state index contributed by atoms with van der Waals surface area (Å²) in [7, 11) is -3.68. The molecule has 32 heavy (non-hydrogen) atoms. The van der Waals surface area contributed by atoms with Gasteiger partial charge in [0, 0.05) is 5.41 Å². The third-order valence-electron chi connectivity index (χ3n) is 7.36. The molecule has 0 saturated heterocycles. The second-order valence-corrected chi connectivity index (χ2v) is 10.6. The summed E-state index contributed by atoms with van der Waals surface area (Å²) in [6, 6.07) is 22.9. The zero-order valence-corrected chi connectivity index (χ0v) is 18.5. The summed E-state index contributed by atoms with van der Waals surface area (Å²) in [6.07, 6.45) is 4.14. The Hall–Kier alpha value is -2.83. The molecule has 1 fully saturated rings. The Bertz CT molecular complexity index is 1260. The molecule has 3 aliphatic rings. The smallest absolute Gasteiger partial charge is 0.241 e. The van der Waals surface area contributed by atoms with E-state index in [-0.39, 0.29) is 29.1 Å². The van der Waals surface area contributed by atoms with Crippen molar-refractivity contribution in [1.82, 2.24) is 4.72 Å². The monoisotopic (exact) mass is 447 g/mol. The van der Waals surface area contributed by atoms with Crippen LogP contribution in [0.25, 0.3) is 0 Å². The Morgan fingerprint density at radius 2 is 1.56 bits per heavy atom. The Balaban J connectivity index is 1.54. The van der Waals surface area contributed by atoms with Gasteiger partial charge in [0.2, 0.25) is 16.8 Å². The van der Waals surface area contributed by atoms with Crippen molar-refractivity contribution in [3.63, 3.8) is 0 Å². The Labute approximate surface area is 188 Å². The van der Waals surface area contributed by atoms with E-state index in [9.17, 15) is 8.42 Å². The molecule has 1 aliphatic heterocycles. The number of sulfonamides is 1. The minimum atomic E-state index is -3.68. The van der Waals surface area contributed by atoms with Gasteiger partial charge in [-0.15, -0.1) is 0 Å². The van der Waals surface area contributed by atoms with Crippen LogP contribution < -0.4 is 14.2 Å². The van der Waals surface area contributed by atoms with Crippen molar-refractivity contribution in [2.45, 2.75) is 42.0 Å². The predicted octanol–water partition coefficient (Wildman–Crippen LogP) is 4.92. The average Bonchev–Trinajstić information content (AvgIpc) is 3.40. The van der Waals surface area contributed by atoms with Crippen LogP contribution in [0.4, 0.5) is 0 Å². The molecule has 0 radical (unpaired) electrons. The molecular weight excluding hydrogens is 422 g/mol. The van der Waals surface area contributed by atoms with Gasteiger partial charge in [-0.1, -0.05) is 61.4 Å². The van der Waals surface area contributed by atoms with E-state index in [2.05, 4.69) is 35.1 Å². The Kier molecular flexibility index (Phi) is 4.56. The molecule has 0 amide bonds. The van der Waals surface area contributed by atoms with Gasteiger partial charge in [-0.3, -0.25) is 0 Å². The van der Waals surface area contributed by atoms with E-state index in [4.69, 9.17) is 9.47 Å². The van der Waals surface area contributed by atoms with E-state index in [0.717, 1.165) is 37.0 Å². The number of fused-ring (bicyclic) bond motifs is 4. The lowest BCUT2D eigenvalue weighted by atomic mass is 9.62. The lowest BCUT2D eigenvalue weighted by Crippen LogP contribution is -2.41. The molecule has 0 spiro atoms. The number of rotatable bonds is 4. The summed E-state index contributed by atoms with van der Waals surface area (Å²) < 4.78 is 41.3. The van der Waals surface area contributed by atoms with Crippen molar-refractivity contribution in [2.75, 3.05) is 6.79 Å². The highest BCUT2D eigenvalue weighted by molar-refractivity contribution is 7.89. The van der Waals surface area contributed by atoms with Gasteiger partial charge in [0.05, 0.1) is 10.9 Å². The van der Waals surface area contributed by atoms with Gasteiger partial charge in [0.25, 0.3) is 0 Å². The third kappa shape index (κ3) is 2.90. The Morgan fingerprint density at radius 3 is 2.31 bits per heavy atom. The maximum Gasteiger partial charge on any atom is 0.241 e. The van der Waals surface area contributed by atoms with Gasteiger partial charge in [-0.25, -0.2) is 13.1 Å². The van der Waals surface area contributed by atoms with E-state index >= 15 is 0 Å². The lowest BCUT2D eigenvalue weighted by molar-refractivity contribution is 0.173. The van der Waals surface area contributed by atoms with Crippen LogP contribution in [0.2, 0.25) is 0 Å². The van der Waals surface area contributed by atoms with E-state index < -0.39 is 10.0 Å². The van der Waals surface area contributed by atoms with Crippen LogP contribution >= 0.6 is 0 Å². The van der Waals surface area contributed by atoms with E-state index in [1.54, 1.807) is 24.3 Å². The van der Waals surface area contributed by atoms with E-state index in [1.165, 1.54) is 11.1 Å². The van der Waals surface area contributed by atoms with Gasteiger partial charge < -0.3 is 9.47 Å². The van der Waals surface area contributed by atoms with Crippen LogP contribution in [0.5, 0.6) is 11.5 Å². The van der Waals surface area contributed by atoms with Crippen molar-refractivity contribution >= 4 is 10.0 Å². The van der Waals surface area contributed by atoms with Crippen molar-refractivity contribution in [3.05, 3.63) is 89.5 Å². The van der Waals surface area contributed by atoms with Gasteiger partial charge in [0.1, 0.15) is 0 Å². The van der Waals surface area contributed by atoms with Crippen molar-refractivity contribution in [3.8, 4) is 11.5 Å². The van der Waals surface area contributed by atoms with Crippen LogP contribution in [-0.4, -0.2) is 15.2 Å². The average molecular weight is 448 g/mol. The number of hydrogen-bond acceptors (Lipinski definition) is 4. The fraction of sp³-hybridized carbons (Fsp3) is 0.308. The second-order valence-electron chi connectivity index (χ2n) is 8.89. The minimum absolute atomic E-state index is 0.120. The maximum atomic E-state index is 13.4. The molecule has 1 saturated carbocycles. The topological polar surface area (TPSA) is 64.6 Å². The molecule has 5 nitrogen and oxygen atoms in total. The number of ether oxygens (including phenoxy) is 2. The number of nitrogens with one attached hydrogen (secondary N) is 1. The van der Waals surface area contributed by atoms with Crippen LogP contribution in [0, 0.1) is 5.92 Å². The fourth-order valence-corrected chi connectivity index (χ4v) is 7.31. The highest BCUT2D eigenvalue weighted by Crippen LogP contribution is 2.61. The molecule has 1 N–H and O–H groups in total.